The van der Waals surface area contributed by atoms with Crippen molar-refractivity contribution in [3.8, 4) is 0 Å². The van der Waals surface area contributed by atoms with Crippen molar-refractivity contribution in [1.82, 2.24) is 19.3 Å². The minimum atomic E-state index is -0.260. The summed E-state index contributed by atoms with van der Waals surface area (Å²) in [5.41, 5.74) is 3.22. The van der Waals surface area contributed by atoms with Gasteiger partial charge in [-0.15, -0.1) is 10.2 Å². The number of hydrogen-bond acceptors (Lipinski definition) is 4. The number of amides is 1. The smallest absolute Gasteiger partial charge is 0.237 e. The molecule has 2 aromatic carbocycles. The first-order valence-electron chi connectivity index (χ1n) is 10.0. The van der Waals surface area contributed by atoms with Crippen molar-refractivity contribution < 1.29 is 4.79 Å². The van der Waals surface area contributed by atoms with E-state index in [4.69, 9.17) is 0 Å². The van der Waals surface area contributed by atoms with Gasteiger partial charge in [-0.25, -0.2) is 0 Å². The van der Waals surface area contributed by atoms with Crippen LogP contribution in [-0.2, 0) is 11.3 Å². The second-order valence-corrected chi connectivity index (χ2v) is 8.80. The molecule has 1 aliphatic rings. The lowest BCUT2D eigenvalue weighted by Crippen LogP contribution is -2.22. The number of benzene rings is 2. The molecule has 0 bridgehead atoms. The molecule has 0 aliphatic heterocycles. The number of hydrogen-bond donors (Lipinski definition) is 1. The Morgan fingerprint density at radius 2 is 2.00 bits per heavy atom. The van der Waals surface area contributed by atoms with E-state index >= 15 is 0 Å². The molecule has 1 unspecified atom stereocenters. The number of fused-ring (bicyclic) bond motifs is 3. The van der Waals surface area contributed by atoms with E-state index in [0.29, 0.717) is 6.04 Å². The lowest BCUT2D eigenvalue weighted by molar-refractivity contribution is -0.115. The predicted molar refractivity (Wildman–Crippen MR) is 117 cm³/mol. The van der Waals surface area contributed by atoms with E-state index in [9.17, 15) is 4.79 Å². The van der Waals surface area contributed by atoms with Gasteiger partial charge in [0.1, 0.15) is 6.33 Å². The molecular weight excluding hydrogens is 382 g/mol. The second-order valence-electron chi connectivity index (χ2n) is 7.49. The Balaban J connectivity index is 1.38. The number of carbonyl (C=O) groups excluding carboxylic acids is 1. The van der Waals surface area contributed by atoms with E-state index in [2.05, 4.69) is 68.0 Å². The fourth-order valence-electron chi connectivity index (χ4n) is 3.85. The third kappa shape index (κ3) is 3.29. The lowest BCUT2D eigenvalue weighted by atomic mass is 10.1. The van der Waals surface area contributed by atoms with E-state index in [0.717, 1.165) is 35.6 Å². The van der Waals surface area contributed by atoms with Gasteiger partial charge in [0.2, 0.25) is 5.91 Å². The van der Waals surface area contributed by atoms with E-state index < -0.39 is 0 Å². The number of carbonyl (C=O) groups is 1. The van der Waals surface area contributed by atoms with Gasteiger partial charge in [0.15, 0.2) is 5.16 Å². The van der Waals surface area contributed by atoms with Crippen molar-refractivity contribution in [2.24, 2.45) is 0 Å². The Morgan fingerprint density at radius 1 is 1.21 bits per heavy atom. The number of nitrogens with zero attached hydrogens (tertiary/aromatic N) is 4. The molecule has 4 aromatic rings. The van der Waals surface area contributed by atoms with Crippen LogP contribution in [0.4, 0.5) is 5.69 Å². The number of aromatic nitrogens is 4. The quantitative estimate of drug-likeness (QED) is 0.465. The van der Waals surface area contributed by atoms with Crippen LogP contribution in [0.25, 0.3) is 21.8 Å². The Morgan fingerprint density at radius 3 is 2.79 bits per heavy atom. The summed E-state index contributed by atoms with van der Waals surface area (Å²) >= 11 is 1.46. The third-order valence-corrected chi connectivity index (χ3v) is 6.56. The van der Waals surface area contributed by atoms with Gasteiger partial charge in [0.05, 0.1) is 5.25 Å². The number of para-hydroxylation sites is 1. The molecule has 6 nitrogen and oxygen atoms in total. The second kappa shape index (κ2) is 7.22. The van der Waals surface area contributed by atoms with Crippen LogP contribution in [0.2, 0.25) is 0 Å². The zero-order valence-electron chi connectivity index (χ0n) is 16.5. The Bertz CT molecular complexity index is 1210. The summed E-state index contributed by atoms with van der Waals surface area (Å²) in [5.74, 6) is -0.0288. The molecule has 2 aromatic heterocycles. The minimum Gasteiger partial charge on any atom is -0.341 e. The Labute approximate surface area is 173 Å². The molecule has 1 amide bonds. The third-order valence-electron chi connectivity index (χ3n) is 5.49. The molecule has 7 heteroatoms. The van der Waals surface area contributed by atoms with E-state index in [1.54, 1.807) is 6.33 Å². The van der Waals surface area contributed by atoms with Crippen LogP contribution in [0.3, 0.4) is 0 Å². The first kappa shape index (κ1) is 18.2. The van der Waals surface area contributed by atoms with Gasteiger partial charge in [-0.2, -0.15) is 0 Å². The number of thioether (sulfide) groups is 1. The normalized spacial score (nSPS) is 15.1. The Hall–Kier alpha value is -2.80. The predicted octanol–water partition coefficient (Wildman–Crippen LogP) is 4.86. The number of aryl methyl sites for hydroxylation is 1. The highest BCUT2D eigenvalue weighted by Crippen LogP contribution is 2.38. The van der Waals surface area contributed by atoms with E-state index in [-0.39, 0.29) is 11.2 Å². The van der Waals surface area contributed by atoms with Crippen LogP contribution < -0.4 is 5.32 Å². The van der Waals surface area contributed by atoms with Gasteiger partial charge in [-0.05, 0) is 51.0 Å². The highest BCUT2D eigenvalue weighted by atomic mass is 32.2. The monoisotopic (exact) mass is 405 g/mol. The molecule has 1 fully saturated rings. The Kier molecular flexibility index (Phi) is 4.54. The van der Waals surface area contributed by atoms with Gasteiger partial charge in [0, 0.05) is 40.1 Å². The van der Waals surface area contributed by atoms with Crippen molar-refractivity contribution >= 4 is 45.2 Å². The van der Waals surface area contributed by atoms with Crippen LogP contribution in [-0.4, -0.2) is 30.5 Å². The summed E-state index contributed by atoms with van der Waals surface area (Å²) in [4.78, 5) is 12.8. The zero-order chi connectivity index (χ0) is 20.0. The van der Waals surface area contributed by atoms with Gasteiger partial charge in [-0.3, -0.25) is 4.79 Å². The van der Waals surface area contributed by atoms with Gasteiger partial charge < -0.3 is 14.5 Å². The summed E-state index contributed by atoms with van der Waals surface area (Å²) in [6, 6.07) is 15.1. The van der Waals surface area contributed by atoms with Gasteiger partial charge in [-0.1, -0.05) is 30.0 Å². The SMILES string of the molecule is CCn1c2ccccc2c2cc(NC(=O)C(C)Sc3nncn3C3CC3)ccc21. The summed E-state index contributed by atoms with van der Waals surface area (Å²) in [7, 11) is 0. The molecule has 5 rings (SSSR count). The molecular formula is C22H23N5OS. The molecule has 0 saturated heterocycles. The van der Waals surface area contributed by atoms with Gasteiger partial charge in [0.25, 0.3) is 0 Å². The van der Waals surface area contributed by atoms with Crippen LogP contribution >= 0.6 is 11.8 Å². The fraction of sp³-hybridized carbons (Fsp3) is 0.318. The van der Waals surface area contributed by atoms with Crippen LogP contribution in [0.15, 0.2) is 53.9 Å². The molecule has 0 spiro atoms. The number of nitrogens with one attached hydrogen (secondary N) is 1. The summed E-state index contributed by atoms with van der Waals surface area (Å²) in [5, 5.41) is 14.2. The molecule has 1 saturated carbocycles. The zero-order valence-corrected chi connectivity index (χ0v) is 17.3. The highest BCUT2D eigenvalue weighted by molar-refractivity contribution is 8.00. The van der Waals surface area contributed by atoms with Gasteiger partial charge >= 0.3 is 0 Å². The first-order chi connectivity index (χ1) is 14.2. The number of rotatable bonds is 6. The minimum absolute atomic E-state index is 0.0288. The molecule has 1 atom stereocenters. The van der Waals surface area contributed by atoms with Crippen molar-refractivity contribution in [3.63, 3.8) is 0 Å². The van der Waals surface area contributed by atoms with E-state index in [1.165, 1.54) is 28.2 Å². The largest absolute Gasteiger partial charge is 0.341 e. The van der Waals surface area contributed by atoms with Crippen LogP contribution in [0, 0.1) is 0 Å². The van der Waals surface area contributed by atoms with Crippen LogP contribution in [0.1, 0.15) is 32.7 Å². The molecule has 2 heterocycles. The average Bonchev–Trinajstić information content (AvgIpc) is 3.39. The molecule has 1 aliphatic carbocycles. The lowest BCUT2D eigenvalue weighted by Gasteiger charge is -2.12. The van der Waals surface area contributed by atoms with Crippen molar-refractivity contribution in [2.75, 3.05) is 5.32 Å². The molecule has 1 N–H and O–H groups in total. The highest BCUT2D eigenvalue weighted by Gasteiger charge is 2.28. The van der Waals surface area contributed by atoms with Crippen molar-refractivity contribution in [3.05, 3.63) is 48.8 Å². The fourth-order valence-corrected chi connectivity index (χ4v) is 4.74. The van der Waals surface area contributed by atoms with Crippen molar-refractivity contribution in [1.29, 1.82) is 0 Å². The first-order valence-corrected chi connectivity index (χ1v) is 10.9. The topological polar surface area (TPSA) is 64.7 Å². The van der Waals surface area contributed by atoms with Crippen LogP contribution in [0.5, 0.6) is 0 Å². The maximum atomic E-state index is 12.8. The summed E-state index contributed by atoms with van der Waals surface area (Å²) < 4.78 is 4.39. The standard InChI is InChI=1S/C22H23N5OS/c1-3-26-19-7-5-4-6-17(19)18-12-15(8-11-20(18)26)24-21(28)14(2)29-22-25-23-13-27(22)16-9-10-16/h4-8,11-14,16H,3,9-10H2,1-2H3,(H,24,28). The maximum Gasteiger partial charge on any atom is 0.237 e. The molecule has 148 valence electrons. The summed E-state index contributed by atoms with van der Waals surface area (Å²) in [6.45, 7) is 4.97. The molecule has 29 heavy (non-hydrogen) atoms. The molecule has 0 radical (unpaired) electrons. The van der Waals surface area contributed by atoms with E-state index in [1.807, 2.05) is 13.0 Å². The maximum absolute atomic E-state index is 12.8. The van der Waals surface area contributed by atoms with Crippen molar-refractivity contribution in [2.45, 2.75) is 49.7 Å². The average molecular weight is 406 g/mol. The number of anilines is 1. The summed E-state index contributed by atoms with van der Waals surface area (Å²) in [6.07, 6.45) is 4.09.